The topological polar surface area (TPSA) is 29.5 Å². The molecule has 0 saturated carbocycles. The zero-order chi connectivity index (χ0) is 8.97. The average molecular weight is 169 g/mol. The molecule has 0 radical (unpaired) electrons. The minimum Gasteiger partial charge on any atom is -0.469 e. The molecule has 0 aliphatic carbocycles. The lowest BCUT2D eigenvalue weighted by molar-refractivity contribution is -0.144. The molecule has 0 bridgehead atoms. The molecular weight excluding hydrogens is 154 g/mol. The van der Waals surface area contributed by atoms with Crippen molar-refractivity contribution in [2.75, 3.05) is 26.7 Å². The van der Waals surface area contributed by atoms with Crippen molar-refractivity contribution in [3.8, 4) is 0 Å². The van der Waals surface area contributed by atoms with Crippen LogP contribution in [0.1, 0.15) is 6.42 Å². The summed E-state index contributed by atoms with van der Waals surface area (Å²) in [7, 11) is 1.44. The maximum Gasteiger partial charge on any atom is 0.310 e. The summed E-state index contributed by atoms with van der Waals surface area (Å²) in [6.07, 6.45) is 2.78. The number of ether oxygens (including phenoxy) is 1. The van der Waals surface area contributed by atoms with E-state index in [4.69, 9.17) is 0 Å². The van der Waals surface area contributed by atoms with Crippen molar-refractivity contribution in [2.24, 2.45) is 5.92 Å². The minimum atomic E-state index is -0.0819. The molecule has 1 saturated heterocycles. The van der Waals surface area contributed by atoms with Crippen molar-refractivity contribution in [1.82, 2.24) is 4.90 Å². The summed E-state index contributed by atoms with van der Waals surface area (Å²) in [5.74, 6) is -0.00323. The molecule has 3 heteroatoms. The van der Waals surface area contributed by atoms with E-state index < -0.39 is 0 Å². The molecule has 1 unspecified atom stereocenters. The Morgan fingerprint density at radius 3 is 3.17 bits per heavy atom. The Morgan fingerprint density at radius 1 is 1.83 bits per heavy atom. The molecule has 0 amide bonds. The molecular formula is C9H15NO2. The minimum absolute atomic E-state index is 0.0787. The molecule has 0 aromatic rings. The maximum atomic E-state index is 11.1. The van der Waals surface area contributed by atoms with Gasteiger partial charge in [-0.1, -0.05) is 6.08 Å². The van der Waals surface area contributed by atoms with Crippen LogP contribution in [0.2, 0.25) is 0 Å². The van der Waals surface area contributed by atoms with Gasteiger partial charge in [0.05, 0.1) is 13.0 Å². The van der Waals surface area contributed by atoms with Crippen LogP contribution < -0.4 is 0 Å². The van der Waals surface area contributed by atoms with Gasteiger partial charge in [0, 0.05) is 13.1 Å². The third-order valence-corrected chi connectivity index (χ3v) is 2.19. The van der Waals surface area contributed by atoms with Crippen LogP contribution in [-0.2, 0) is 9.53 Å². The van der Waals surface area contributed by atoms with Crippen LogP contribution in [0.3, 0.4) is 0 Å². The summed E-state index contributed by atoms with van der Waals surface area (Å²) in [4.78, 5) is 13.3. The summed E-state index contributed by atoms with van der Waals surface area (Å²) in [5.41, 5.74) is 0. The summed E-state index contributed by atoms with van der Waals surface area (Å²) >= 11 is 0. The fourth-order valence-corrected chi connectivity index (χ4v) is 1.54. The zero-order valence-electron chi connectivity index (χ0n) is 7.45. The third-order valence-electron chi connectivity index (χ3n) is 2.19. The summed E-state index contributed by atoms with van der Waals surface area (Å²) in [6.45, 7) is 6.32. The van der Waals surface area contributed by atoms with Gasteiger partial charge in [0.1, 0.15) is 0 Å². The molecule has 3 nitrogen and oxygen atoms in total. The molecule has 1 heterocycles. The van der Waals surface area contributed by atoms with E-state index in [1.807, 2.05) is 6.08 Å². The van der Waals surface area contributed by atoms with Gasteiger partial charge in [0.25, 0.3) is 0 Å². The first kappa shape index (κ1) is 9.26. The Morgan fingerprint density at radius 2 is 2.58 bits per heavy atom. The lowest BCUT2D eigenvalue weighted by atomic mass is 10.1. The highest BCUT2D eigenvalue weighted by atomic mass is 16.5. The Bertz CT molecular complexity index is 179. The standard InChI is InChI=1S/C9H15NO2/c1-3-5-10-6-4-8(7-10)9(11)12-2/h3,8H,1,4-7H2,2H3. The predicted molar refractivity (Wildman–Crippen MR) is 46.8 cm³/mol. The van der Waals surface area contributed by atoms with Crippen molar-refractivity contribution in [2.45, 2.75) is 6.42 Å². The van der Waals surface area contributed by atoms with Gasteiger partial charge < -0.3 is 4.74 Å². The number of carbonyl (C=O) groups is 1. The van der Waals surface area contributed by atoms with Crippen LogP contribution in [0.4, 0.5) is 0 Å². The molecule has 1 rings (SSSR count). The van der Waals surface area contributed by atoms with Crippen LogP contribution >= 0.6 is 0 Å². The molecule has 0 spiro atoms. The Hall–Kier alpha value is -0.830. The first-order valence-electron chi connectivity index (χ1n) is 4.19. The van der Waals surface area contributed by atoms with Crippen LogP contribution in [0.25, 0.3) is 0 Å². The molecule has 1 aliphatic heterocycles. The van der Waals surface area contributed by atoms with E-state index in [0.717, 1.165) is 26.1 Å². The molecule has 1 fully saturated rings. The van der Waals surface area contributed by atoms with E-state index >= 15 is 0 Å². The fourth-order valence-electron chi connectivity index (χ4n) is 1.54. The number of carbonyl (C=O) groups excluding carboxylic acids is 1. The van der Waals surface area contributed by atoms with Crippen molar-refractivity contribution < 1.29 is 9.53 Å². The van der Waals surface area contributed by atoms with Crippen LogP contribution in [0, 0.1) is 5.92 Å². The van der Waals surface area contributed by atoms with E-state index in [1.165, 1.54) is 7.11 Å². The van der Waals surface area contributed by atoms with E-state index in [2.05, 4.69) is 16.2 Å². The van der Waals surface area contributed by atoms with Gasteiger partial charge in [0.2, 0.25) is 0 Å². The SMILES string of the molecule is C=CCN1CCC(C(=O)OC)C1. The number of rotatable bonds is 3. The van der Waals surface area contributed by atoms with Gasteiger partial charge in [0.15, 0.2) is 0 Å². The molecule has 1 aliphatic rings. The van der Waals surface area contributed by atoms with Gasteiger partial charge in [-0.25, -0.2) is 0 Å². The lowest BCUT2D eigenvalue weighted by Gasteiger charge is -2.11. The highest BCUT2D eigenvalue weighted by Crippen LogP contribution is 2.16. The van der Waals surface area contributed by atoms with E-state index in [0.29, 0.717) is 0 Å². The van der Waals surface area contributed by atoms with Gasteiger partial charge in [-0.3, -0.25) is 9.69 Å². The number of likely N-dealkylation sites (tertiary alicyclic amines) is 1. The summed E-state index contributed by atoms with van der Waals surface area (Å²) in [6, 6.07) is 0. The highest BCUT2D eigenvalue weighted by Gasteiger charge is 2.27. The van der Waals surface area contributed by atoms with Gasteiger partial charge in [-0.15, -0.1) is 6.58 Å². The summed E-state index contributed by atoms with van der Waals surface area (Å²) < 4.78 is 4.67. The maximum absolute atomic E-state index is 11.1. The third kappa shape index (κ3) is 2.08. The van der Waals surface area contributed by atoms with Crippen molar-refractivity contribution in [1.29, 1.82) is 0 Å². The van der Waals surface area contributed by atoms with Crippen molar-refractivity contribution >= 4 is 5.97 Å². The monoisotopic (exact) mass is 169 g/mol. The van der Waals surface area contributed by atoms with Crippen LogP contribution in [0.5, 0.6) is 0 Å². The Balaban J connectivity index is 2.34. The van der Waals surface area contributed by atoms with E-state index in [-0.39, 0.29) is 11.9 Å². The van der Waals surface area contributed by atoms with Crippen LogP contribution in [-0.4, -0.2) is 37.6 Å². The quantitative estimate of drug-likeness (QED) is 0.459. The normalized spacial score (nSPS) is 23.9. The Labute approximate surface area is 73.0 Å². The molecule has 1 atom stereocenters. The number of hydrogen-bond donors (Lipinski definition) is 0. The zero-order valence-corrected chi connectivity index (χ0v) is 7.45. The summed E-state index contributed by atoms with van der Waals surface area (Å²) in [5, 5.41) is 0. The first-order valence-corrected chi connectivity index (χ1v) is 4.19. The molecule has 68 valence electrons. The average Bonchev–Trinajstić information content (AvgIpc) is 2.52. The smallest absolute Gasteiger partial charge is 0.310 e. The predicted octanol–water partition coefficient (Wildman–Crippen LogP) is 0.667. The van der Waals surface area contributed by atoms with Gasteiger partial charge >= 0.3 is 5.97 Å². The van der Waals surface area contributed by atoms with Crippen molar-refractivity contribution in [3.63, 3.8) is 0 Å². The molecule has 0 aromatic carbocycles. The largest absolute Gasteiger partial charge is 0.469 e. The Kier molecular flexibility index (Phi) is 3.29. The lowest BCUT2D eigenvalue weighted by Crippen LogP contribution is -2.23. The second kappa shape index (κ2) is 4.26. The highest BCUT2D eigenvalue weighted by molar-refractivity contribution is 5.72. The van der Waals surface area contributed by atoms with E-state index in [9.17, 15) is 4.79 Å². The second-order valence-electron chi connectivity index (χ2n) is 3.06. The van der Waals surface area contributed by atoms with E-state index in [1.54, 1.807) is 0 Å². The molecule has 0 aromatic heterocycles. The second-order valence-corrected chi connectivity index (χ2v) is 3.06. The van der Waals surface area contributed by atoms with Crippen molar-refractivity contribution in [3.05, 3.63) is 12.7 Å². The number of hydrogen-bond acceptors (Lipinski definition) is 3. The van der Waals surface area contributed by atoms with Gasteiger partial charge in [-0.05, 0) is 13.0 Å². The van der Waals surface area contributed by atoms with Crippen LogP contribution in [0.15, 0.2) is 12.7 Å². The van der Waals surface area contributed by atoms with Gasteiger partial charge in [-0.2, -0.15) is 0 Å². The fraction of sp³-hybridized carbons (Fsp3) is 0.667. The molecule has 0 N–H and O–H groups in total. The number of methoxy groups -OCH3 is 1. The molecule has 12 heavy (non-hydrogen) atoms. The number of esters is 1. The number of nitrogens with zero attached hydrogens (tertiary/aromatic N) is 1. The first-order chi connectivity index (χ1) is 5.77.